The van der Waals surface area contributed by atoms with Gasteiger partial charge in [0, 0.05) is 36.8 Å². The van der Waals surface area contributed by atoms with Crippen LogP contribution in [0.15, 0.2) is 48.5 Å². The monoisotopic (exact) mass is 330 g/mol. The first kappa shape index (κ1) is 17.0. The Morgan fingerprint density at radius 2 is 1.61 bits per heavy atom. The first-order valence-corrected chi connectivity index (χ1v) is 7.69. The normalized spacial score (nSPS) is 10.2. The second-order valence-corrected chi connectivity index (χ2v) is 5.89. The fourth-order valence-electron chi connectivity index (χ4n) is 2.03. The molecule has 1 N–H and O–H groups in total. The van der Waals surface area contributed by atoms with Crippen molar-refractivity contribution in [3.63, 3.8) is 0 Å². The van der Waals surface area contributed by atoms with Crippen molar-refractivity contribution in [1.82, 2.24) is 4.90 Å². The lowest BCUT2D eigenvalue weighted by atomic mass is 10.0. The molecule has 0 aliphatic carbocycles. The molecule has 0 aliphatic rings. The van der Waals surface area contributed by atoms with Crippen LogP contribution in [-0.2, 0) is 6.42 Å². The Morgan fingerprint density at radius 3 is 2.17 bits per heavy atom. The second kappa shape index (κ2) is 7.79. The SMILES string of the molecule is CN(C)C(=O)Nc1ccc(CCC(=O)c2ccc(Cl)cc2)cc1. The Hall–Kier alpha value is -2.33. The number of hydrogen-bond acceptors (Lipinski definition) is 2. The topological polar surface area (TPSA) is 49.4 Å². The van der Waals surface area contributed by atoms with E-state index in [1.165, 1.54) is 4.90 Å². The van der Waals surface area contributed by atoms with E-state index >= 15 is 0 Å². The number of carbonyl (C=O) groups is 2. The van der Waals surface area contributed by atoms with Gasteiger partial charge in [0.25, 0.3) is 0 Å². The van der Waals surface area contributed by atoms with E-state index < -0.39 is 0 Å². The smallest absolute Gasteiger partial charge is 0.321 e. The predicted molar refractivity (Wildman–Crippen MR) is 93.3 cm³/mol. The van der Waals surface area contributed by atoms with Crippen LogP contribution in [0.4, 0.5) is 10.5 Å². The Morgan fingerprint density at radius 1 is 1.00 bits per heavy atom. The fraction of sp³-hybridized carbons (Fsp3) is 0.222. The van der Waals surface area contributed by atoms with Gasteiger partial charge in [-0.2, -0.15) is 0 Å². The molecule has 0 spiro atoms. The summed E-state index contributed by atoms with van der Waals surface area (Å²) in [6.45, 7) is 0. The number of hydrogen-bond donors (Lipinski definition) is 1. The van der Waals surface area contributed by atoms with Crippen LogP contribution in [-0.4, -0.2) is 30.8 Å². The van der Waals surface area contributed by atoms with Crippen LogP contribution in [0.1, 0.15) is 22.3 Å². The van der Waals surface area contributed by atoms with E-state index in [-0.39, 0.29) is 11.8 Å². The number of nitrogens with one attached hydrogen (secondary N) is 1. The van der Waals surface area contributed by atoms with Crippen molar-refractivity contribution >= 4 is 29.1 Å². The lowest BCUT2D eigenvalue weighted by molar-refractivity contribution is 0.0983. The number of carbonyl (C=O) groups excluding carboxylic acids is 2. The Labute approximate surface area is 141 Å². The van der Waals surface area contributed by atoms with E-state index in [0.29, 0.717) is 23.4 Å². The zero-order valence-corrected chi connectivity index (χ0v) is 13.9. The van der Waals surface area contributed by atoms with E-state index in [1.807, 2.05) is 24.3 Å². The number of ketones is 1. The number of urea groups is 1. The molecule has 4 nitrogen and oxygen atoms in total. The highest BCUT2D eigenvalue weighted by Gasteiger charge is 2.07. The maximum atomic E-state index is 12.1. The summed E-state index contributed by atoms with van der Waals surface area (Å²) >= 11 is 5.82. The molecule has 0 radical (unpaired) electrons. The molecule has 120 valence electrons. The van der Waals surface area contributed by atoms with Gasteiger partial charge < -0.3 is 10.2 Å². The van der Waals surface area contributed by atoms with Gasteiger partial charge in [-0.05, 0) is 48.4 Å². The minimum absolute atomic E-state index is 0.0895. The highest BCUT2D eigenvalue weighted by molar-refractivity contribution is 6.30. The van der Waals surface area contributed by atoms with Crippen molar-refractivity contribution in [3.05, 3.63) is 64.7 Å². The number of halogens is 1. The summed E-state index contributed by atoms with van der Waals surface area (Å²) in [5.41, 5.74) is 2.45. The average molecular weight is 331 g/mol. The van der Waals surface area contributed by atoms with Crippen LogP contribution in [0, 0.1) is 0 Å². The van der Waals surface area contributed by atoms with E-state index in [1.54, 1.807) is 38.4 Å². The van der Waals surface area contributed by atoms with Gasteiger partial charge >= 0.3 is 6.03 Å². The van der Waals surface area contributed by atoms with Crippen LogP contribution in [0.25, 0.3) is 0 Å². The summed E-state index contributed by atoms with van der Waals surface area (Å²) in [5, 5.41) is 3.39. The minimum Gasteiger partial charge on any atom is -0.331 e. The Balaban J connectivity index is 1.90. The highest BCUT2D eigenvalue weighted by Crippen LogP contribution is 2.15. The third kappa shape index (κ3) is 5.11. The van der Waals surface area contributed by atoms with Crippen LogP contribution < -0.4 is 5.32 Å². The van der Waals surface area contributed by atoms with E-state index in [9.17, 15) is 9.59 Å². The van der Waals surface area contributed by atoms with Gasteiger partial charge in [0.2, 0.25) is 0 Å². The van der Waals surface area contributed by atoms with Gasteiger partial charge in [-0.25, -0.2) is 4.79 Å². The molecule has 0 aromatic heterocycles. The molecule has 0 heterocycles. The molecule has 0 bridgehead atoms. The zero-order chi connectivity index (χ0) is 16.8. The molecule has 2 rings (SSSR count). The summed E-state index contributed by atoms with van der Waals surface area (Å²) in [4.78, 5) is 25.1. The van der Waals surface area contributed by atoms with Gasteiger partial charge in [0.15, 0.2) is 5.78 Å². The number of aryl methyl sites for hydroxylation is 1. The standard InChI is InChI=1S/C18H19ClN2O2/c1-21(2)18(23)20-16-10-3-13(4-11-16)5-12-17(22)14-6-8-15(19)9-7-14/h3-4,6-11H,5,12H2,1-2H3,(H,20,23). The molecular formula is C18H19ClN2O2. The van der Waals surface area contributed by atoms with Crippen LogP contribution in [0.3, 0.4) is 0 Å². The van der Waals surface area contributed by atoms with Crippen molar-refractivity contribution in [2.45, 2.75) is 12.8 Å². The van der Waals surface area contributed by atoms with E-state index in [0.717, 1.165) is 11.3 Å². The average Bonchev–Trinajstić information content (AvgIpc) is 2.54. The van der Waals surface area contributed by atoms with Gasteiger partial charge in [-0.15, -0.1) is 0 Å². The number of rotatable bonds is 5. The number of benzene rings is 2. The summed E-state index contributed by atoms with van der Waals surface area (Å²) < 4.78 is 0. The van der Waals surface area contributed by atoms with Crippen molar-refractivity contribution in [3.8, 4) is 0 Å². The molecule has 0 atom stereocenters. The van der Waals surface area contributed by atoms with Crippen LogP contribution in [0.5, 0.6) is 0 Å². The van der Waals surface area contributed by atoms with Crippen molar-refractivity contribution < 1.29 is 9.59 Å². The van der Waals surface area contributed by atoms with Crippen molar-refractivity contribution in [2.75, 3.05) is 19.4 Å². The summed E-state index contributed by atoms with van der Waals surface area (Å²) in [6, 6.07) is 14.3. The molecule has 5 heteroatoms. The first-order valence-electron chi connectivity index (χ1n) is 7.32. The Kier molecular flexibility index (Phi) is 5.77. The quantitative estimate of drug-likeness (QED) is 0.833. The highest BCUT2D eigenvalue weighted by atomic mass is 35.5. The third-order valence-corrected chi connectivity index (χ3v) is 3.67. The van der Waals surface area contributed by atoms with Gasteiger partial charge in [-0.1, -0.05) is 23.7 Å². The van der Waals surface area contributed by atoms with Crippen molar-refractivity contribution in [1.29, 1.82) is 0 Å². The molecule has 2 aromatic rings. The maximum Gasteiger partial charge on any atom is 0.321 e. The largest absolute Gasteiger partial charge is 0.331 e. The van der Waals surface area contributed by atoms with Crippen LogP contribution in [0.2, 0.25) is 5.02 Å². The lowest BCUT2D eigenvalue weighted by Crippen LogP contribution is -2.27. The molecule has 0 fully saturated rings. The first-order chi connectivity index (χ1) is 11.0. The van der Waals surface area contributed by atoms with E-state index in [2.05, 4.69) is 5.32 Å². The van der Waals surface area contributed by atoms with E-state index in [4.69, 9.17) is 11.6 Å². The maximum absolute atomic E-state index is 12.1. The molecule has 2 amide bonds. The lowest BCUT2D eigenvalue weighted by Gasteiger charge is -2.12. The number of amides is 2. The number of anilines is 1. The molecule has 23 heavy (non-hydrogen) atoms. The Bertz CT molecular complexity index is 679. The minimum atomic E-state index is -0.171. The summed E-state index contributed by atoms with van der Waals surface area (Å²) in [7, 11) is 3.37. The molecule has 0 saturated heterocycles. The number of Topliss-reactive ketones (excluding diaryl/α,β-unsaturated/α-hetero) is 1. The fourth-order valence-corrected chi connectivity index (χ4v) is 2.15. The molecule has 0 unspecified atom stereocenters. The molecular weight excluding hydrogens is 312 g/mol. The summed E-state index contributed by atoms with van der Waals surface area (Å²) in [5.74, 6) is 0.0895. The predicted octanol–water partition coefficient (Wildman–Crippen LogP) is 4.25. The van der Waals surface area contributed by atoms with Crippen molar-refractivity contribution in [2.24, 2.45) is 0 Å². The van der Waals surface area contributed by atoms with Gasteiger partial charge in [-0.3, -0.25) is 4.79 Å². The summed E-state index contributed by atoms with van der Waals surface area (Å²) in [6.07, 6.45) is 1.09. The molecule has 0 aliphatic heterocycles. The number of nitrogens with zero attached hydrogens (tertiary/aromatic N) is 1. The molecule has 2 aromatic carbocycles. The second-order valence-electron chi connectivity index (χ2n) is 5.45. The molecule has 0 saturated carbocycles. The zero-order valence-electron chi connectivity index (χ0n) is 13.2. The van der Waals surface area contributed by atoms with Crippen LogP contribution >= 0.6 is 11.6 Å². The van der Waals surface area contributed by atoms with Gasteiger partial charge in [0.05, 0.1) is 0 Å². The third-order valence-electron chi connectivity index (χ3n) is 3.42. The van der Waals surface area contributed by atoms with Gasteiger partial charge in [0.1, 0.15) is 0 Å².